The van der Waals surface area contributed by atoms with Crippen molar-refractivity contribution in [3.05, 3.63) is 119 Å². The second-order valence-electron chi connectivity index (χ2n) is 10.2. The summed E-state index contributed by atoms with van der Waals surface area (Å²) in [6.07, 6.45) is 2.61. The number of aryl methyl sites for hydroxylation is 1. The number of hydrogen-bond donors (Lipinski definition) is 0. The zero-order valence-electron chi connectivity index (χ0n) is 23.3. The lowest BCUT2D eigenvalue weighted by atomic mass is 10.1. The number of sulfonamides is 1. The largest absolute Gasteiger partial charge is 0.295 e. The molecule has 0 saturated heterocycles. The van der Waals surface area contributed by atoms with E-state index >= 15 is 0 Å². The minimum Gasteiger partial charge on any atom is -0.295 e. The SMILES string of the molecule is C=S(=O)(c1ccccc1)N1CCc2cc(CC)ccc21.CC(=O)c1ccc2c(c1)CCN2S(=O)(=O)c1ccccc1. The van der Waals surface area contributed by atoms with Gasteiger partial charge in [0.1, 0.15) is 0 Å². The summed E-state index contributed by atoms with van der Waals surface area (Å²) < 4.78 is 41.9. The molecule has 0 bridgehead atoms. The molecule has 0 aliphatic carbocycles. The van der Waals surface area contributed by atoms with E-state index in [0.717, 1.165) is 35.5 Å². The Kier molecular flexibility index (Phi) is 8.07. The van der Waals surface area contributed by atoms with E-state index in [-0.39, 0.29) is 10.7 Å². The van der Waals surface area contributed by atoms with E-state index < -0.39 is 19.7 Å². The van der Waals surface area contributed by atoms with Crippen molar-refractivity contribution in [3.8, 4) is 0 Å². The summed E-state index contributed by atoms with van der Waals surface area (Å²) in [4.78, 5) is 12.5. The Balaban J connectivity index is 0.000000165. The molecule has 4 aromatic rings. The predicted octanol–water partition coefficient (Wildman–Crippen LogP) is 5.94. The normalized spacial score (nSPS) is 15.4. The van der Waals surface area contributed by atoms with Gasteiger partial charge in [0.25, 0.3) is 10.0 Å². The molecule has 41 heavy (non-hydrogen) atoms. The number of carbonyl (C=O) groups excluding carboxylic acids is 1. The highest BCUT2D eigenvalue weighted by Gasteiger charge is 2.31. The van der Waals surface area contributed by atoms with Gasteiger partial charge in [-0.05, 0) is 97.3 Å². The Hall–Kier alpha value is -3.88. The van der Waals surface area contributed by atoms with Crippen molar-refractivity contribution < 1.29 is 17.4 Å². The Morgan fingerprint density at radius 1 is 0.732 bits per heavy atom. The second-order valence-corrected chi connectivity index (χ2v) is 14.2. The van der Waals surface area contributed by atoms with E-state index in [0.29, 0.717) is 24.2 Å². The summed E-state index contributed by atoms with van der Waals surface area (Å²) in [7, 11) is -5.98. The molecule has 8 heteroatoms. The number of hydrogen-bond acceptors (Lipinski definition) is 4. The molecule has 0 spiro atoms. The number of anilines is 2. The zero-order chi connectivity index (χ0) is 29.2. The molecule has 0 fully saturated rings. The van der Waals surface area contributed by atoms with Crippen molar-refractivity contribution in [3.63, 3.8) is 0 Å². The van der Waals surface area contributed by atoms with Crippen LogP contribution in [0, 0.1) is 0 Å². The standard InChI is InChI=1S/C17H19NOS.C16H15NO3S/c1-3-14-9-10-17-15(13-14)11-12-18(17)20(2,19)16-7-5-4-6-8-16;1-12(18)13-7-8-16-14(11-13)9-10-17(16)21(19,20)15-5-3-2-4-6-15/h4-10,13H,2-3,11-12H2,1H3;2-8,11H,9-10H2,1H3. The van der Waals surface area contributed by atoms with Crippen LogP contribution in [-0.4, -0.2) is 37.4 Å². The molecule has 1 atom stereocenters. The lowest BCUT2D eigenvalue weighted by molar-refractivity contribution is 0.101. The van der Waals surface area contributed by atoms with E-state index in [2.05, 4.69) is 31.0 Å². The van der Waals surface area contributed by atoms with Crippen LogP contribution in [0.15, 0.2) is 107 Å². The van der Waals surface area contributed by atoms with Crippen LogP contribution in [0.4, 0.5) is 11.4 Å². The summed E-state index contributed by atoms with van der Waals surface area (Å²) in [6, 6.07) is 29.6. The maximum Gasteiger partial charge on any atom is 0.264 e. The third-order valence-corrected chi connectivity index (χ3v) is 11.5. The molecular weight excluding hydrogens is 553 g/mol. The molecule has 2 aliphatic heterocycles. The van der Waals surface area contributed by atoms with Crippen LogP contribution in [0.5, 0.6) is 0 Å². The molecule has 0 aromatic heterocycles. The molecule has 6 nitrogen and oxygen atoms in total. The fourth-order valence-corrected chi connectivity index (χ4v) is 8.51. The third kappa shape index (κ3) is 5.67. The van der Waals surface area contributed by atoms with Gasteiger partial charge in [-0.3, -0.25) is 13.4 Å². The number of fused-ring (bicyclic) bond motifs is 2. The van der Waals surface area contributed by atoms with Gasteiger partial charge >= 0.3 is 0 Å². The average Bonchev–Trinajstić information content (AvgIpc) is 3.63. The quantitative estimate of drug-likeness (QED) is 0.207. The second kappa shape index (κ2) is 11.5. The first-order valence-electron chi connectivity index (χ1n) is 13.7. The number of rotatable bonds is 6. The molecule has 0 N–H and O–H groups in total. The molecule has 0 saturated carbocycles. The van der Waals surface area contributed by atoms with Crippen LogP contribution in [-0.2, 0) is 39.0 Å². The molecule has 2 aliphatic rings. The molecule has 212 valence electrons. The molecule has 1 unspecified atom stereocenters. The van der Waals surface area contributed by atoms with Crippen molar-refractivity contribution >= 4 is 42.8 Å². The molecule has 4 aromatic carbocycles. The summed E-state index contributed by atoms with van der Waals surface area (Å²) in [5.41, 5.74) is 5.89. The van der Waals surface area contributed by atoms with Crippen LogP contribution >= 0.6 is 0 Å². The van der Waals surface area contributed by atoms with Crippen molar-refractivity contribution in [2.45, 2.75) is 42.9 Å². The van der Waals surface area contributed by atoms with Crippen molar-refractivity contribution in [2.24, 2.45) is 0 Å². The summed E-state index contributed by atoms with van der Waals surface area (Å²) in [6.45, 7) is 4.85. The van der Waals surface area contributed by atoms with Gasteiger partial charge in [-0.25, -0.2) is 12.6 Å². The Morgan fingerprint density at radius 2 is 1.27 bits per heavy atom. The summed E-state index contributed by atoms with van der Waals surface area (Å²) >= 11 is 0. The van der Waals surface area contributed by atoms with E-state index in [1.807, 2.05) is 34.6 Å². The minimum absolute atomic E-state index is 0.0119. The molecule has 0 amide bonds. The number of carbonyl (C=O) groups is 1. The Labute approximate surface area is 243 Å². The summed E-state index contributed by atoms with van der Waals surface area (Å²) in [5, 5.41) is 0. The van der Waals surface area contributed by atoms with Gasteiger partial charge in [0.15, 0.2) is 5.78 Å². The van der Waals surface area contributed by atoms with Gasteiger partial charge in [0.2, 0.25) is 0 Å². The van der Waals surface area contributed by atoms with Gasteiger partial charge in [-0.2, -0.15) is 0 Å². The first-order valence-corrected chi connectivity index (χ1v) is 16.8. The topological polar surface area (TPSA) is 74.8 Å². The Bertz CT molecular complexity index is 1790. The monoisotopic (exact) mass is 586 g/mol. The van der Waals surface area contributed by atoms with Crippen LogP contribution in [0.25, 0.3) is 0 Å². The third-order valence-electron chi connectivity index (χ3n) is 7.54. The highest BCUT2D eigenvalue weighted by atomic mass is 32.2. The summed E-state index contributed by atoms with van der Waals surface area (Å²) in [5.74, 6) is 4.01. The van der Waals surface area contributed by atoms with Crippen LogP contribution in [0.3, 0.4) is 0 Å². The number of Topliss-reactive ketones (excluding diaryl/α,β-unsaturated/α-hetero) is 1. The zero-order valence-corrected chi connectivity index (χ0v) is 25.0. The first kappa shape index (κ1) is 28.6. The highest BCUT2D eigenvalue weighted by molar-refractivity contribution is 8.01. The fraction of sp³-hybridized carbons (Fsp3) is 0.212. The van der Waals surface area contributed by atoms with E-state index in [1.54, 1.807) is 48.5 Å². The van der Waals surface area contributed by atoms with E-state index in [9.17, 15) is 17.4 Å². The first-order chi connectivity index (χ1) is 19.6. The van der Waals surface area contributed by atoms with Crippen LogP contribution < -0.4 is 8.61 Å². The van der Waals surface area contributed by atoms with Crippen LogP contribution in [0.2, 0.25) is 0 Å². The maximum atomic E-state index is 13.1. The molecule has 0 radical (unpaired) electrons. The predicted molar refractivity (Wildman–Crippen MR) is 168 cm³/mol. The lowest BCUT2D eigenvalue weighted by Crippen LogP contribution is -2.29. The smallest absolute Gasteiger partial charge is 0.264 e. The molecule has 6 rings (SSSR count). The van der Waals surface area contributed by atoms with Crippen molar-refractivity contribution in [1.82, 2.24) is 0 Å². The minimum atomic E-state index is -3.54. The number of ketones is 1. The molecular formula is C33H34N2O4S2. The van der Waals surface area contributed by atoms with Crippen molar-refractivity contribution in [1.29, 1.82) is 0 Å². The van der Waals surface area contributed by atoms with Gasteiger partial charge in [-0.1, -0.05) is 55.5 Å². The van der Waals surface area contributed by atoms with E-state index in [4.69, 9.17) is 0 Å². The van der Waals surface area contributed by atoms with Gasteiger partial charge in [0, 0.05) is 23.5 Å². The Morgan fingerprint density at radius 3 is 1.88 bits per heavy atom. The maximum absolute atomic E-state index is 13.1. The van der Waals surface area contributed by atoms with E-state index in [1.165, 1.54) is 22.4 Å². The van der Waals surface area contributed by atoms with Gasteiger partial charge in [-0.15, -0.1) is 0 Å². The van der Waals surface area contributed by atoms with Gasteiger partial charge < -0.3 is 0 Å². The van der Waals surface area contributed by atoms with Crippen LogP contribution in [0.1, 0.15) is 40.9 Å². The van der Waals surface area contributed by atoms with Crippen molar-refractivity contribution in [2.75, 3.05) is 21.7 Å². The average molecular weight is 587 g/mol. The highest BCUT2D eigenvalue weighted by Crippen LogP contribution is 2.35. The number of benzene rings is 4. The fourth-order valence-electron chi connectivity index (χ4n) is 5.27. The van der Waals surface area contributed by atoms with Gasteiger partial charge in [0.05, 0.1) is 26.0 Å². The lowest BCUT2D eigenvalue weighted by Gasteiger charge is -2.24. The molecule has 2 heterocycles. The number of nitrogens with zero attached hydrogens (tertiary/aromatic N) is 2.